The number of aliphatic carboxylic acids is 1. The molecule has 6 N–H and O–H groups in total. The first kappa shape index (κ1) is 25.7. The monoisotopic (exact) mass is 455 g/mol. The maximum Gasteiger partial charge on any atom is 0.490 e. The fourth-order valence-corrected chi connectivity index (χ4v) is 3.61. The van der Waals surface area contributed by atoms with E-state index in [9.17, 15) is 31.5 Å². The standard InChI is InChI=1S/C15H23N3O4S.C2HF3O2/c16-9-8-11-4-6-14(7-5-11)23(21,22)18-15(20)17-12-2-1-3-13(19)10-12;3-2(4,5)1(6)7/h4-7,12-13,19H,1-3,8-10,16H2,(H2,17,18,20);(H,6,7). The van der Waals surface area contributed by atoms with Crippen molar-refractivity contribution in [3.05, 3.63) is 29.8 Å². The summed E-state index contributed by atoms with van der Waals surface area (Å²) in [4.78, 5) is 20.8. The van der Waals surface area contributed by atoms with Crippen molar-refractivity contribution < 1.29 is 41.4 Å². The number of nitrogens with one attached hydrogen (secondary N) is 2. The molecule has 0 aromatic heterocycles. The summed E-state index contributed by atoms with van der Waals surface area (Å²) in [6.07, 6.45) is -2.16. The first-order chi connectivity index (χ1) is 13.8. The van der Waals surface area contributed by atoms with Crippen LogP contribution in [0.4, 0.5) is 18.0 Å². The molecule has 0 spiro atoms. The zero-order valence-electron chi connectivity index (χ0n) is 15.9. The van der Waals surface area contributed by atoms with Gasteiger partial charge in [-0.1, -0.05) is 12.1 Å². The van der Waals surface area contributed by atoms with E-state index < -0.39 is 34.3 Å². The van der Waals surface area contributed by atoms with Gasteiger partial charge in [-0.05, 0) is 56.3 Å². The Bertz CT molecular complexity index is 815. The van der Waals surface area contributed by atoms with E-state index >= 15 is 0 Å². The smallest absolute Gasteiger partial charge is 0.475 e. The summed E-state index contributed by atoms with van der Waals surface area (Å²) in [6.45, 7) is 0.486. The SMILES string of the molecule is NCCc1ccc(S(=O)(=O)NC(=O)NC2CCCC(O)C2)cc1.O=C(O)C(F)(F)F. The van der Waals surface area contributed by atoms with Crippen LogP contribution in [0.1, 0.15) is 31.2 Å². The third-order valence-electron chi connectivity index (χ3n) is 4.12. The van der Waals surface area contributed by atoms with Gasteiger partial charge in [-0.25, -0.2) is 22.7 Å². The van der Waals surface area contributed by atoms with Crippen LogP contribution in [0.3, 0.4) is 0 Å². The summed E-state index contributed by atoms with van der Waals surface area (Å²) in [5.41, 5.74) is 6.38. The van der Waals surface area contributed by atoms with Crippen LogP contribution in [0.15, 0.2) is 29.2 Å². The van der Waals surface area contributed by atoms with Gasteiger partial charge in [0.1, 0.15) is 0 Å². The van der Waals surface area contributed by atoms with E-state index in [1.54, 1.807) is 12.1 Å². The van der Waals surface area contributed by atoms with Crippen molar-refractivity contribution in [1.82, 2.24) is 10.0 Å². The number of sulfonamides is 1. The molecule has 0 saturated heterocycles. The molecule has 13 heteroatoms. The minimum atomic E-state index is -5.08. The molecule has 2 unspecified atom stereocenters. The van der Waals surface area contributed by atoms with Crippen LogP contribution in [0.25, 0.3) is 0 Å². The number of rotatable bonds is 5. The largest absolute Gasteiger partial charge is 0.490 e. The van der Waals surface area contributed by atoms with Crippen LogP contribution in [0, 0.1) is 0 Å². The fraction of sp³-hybridized carbons (Fsp3) is 0.529. The highest BCUT2D eigenvalue weighted by atomic mass is 32.2. The summed E-state index contributed by atoms with van der Waals surface area (Å²) in [5, 5.41) is 19.3. The lowest BCUT2D eigenvalue weighted by Crippen LogP contribution is -2.46. The molecule has 1 aromatic rings. The number of amides is 2. The average molecular weight is 455 g/mol. The number of carbonyl (C=O) groups is 2. The number of aliphatic hydroxyl groups excluding tert-OH is 1. The number of benzene rings is 1. The molecule has 0 bridgehead atoms. The Kier molecular flexibility index (Phi) is 9.52. The number of carboxylic acid groups (broad SMARTS) is 1. The van der Waals surface area contributed by atoms with E-state index in [1.807, 2.05) is 4.72 Å². The first-order valence-corrected chi connectivity index (χ1v) is 10.4. The Morgan fingerprint density at radius 1 is 1.17 bits per heavy atom. The van der Waals surface area contributed by atoms with Crippen molar-refractivity contribution in [2.45, 2.75) is 55.3 Å². The number of hydrogen-bond acceptors (Lipinski definition) is 6. The normalized spacial score (nSPS) is 19.2. The van der Waals surface area contributed by atoms with Crippen molar-refractivity contribution in [2.75, 3.05) is 6.54 Å². The Balaban J connectivity index is 0.000000553. The minimum Gasteiger partial charge on any atom is -0.475 e. The maximum absolute atomic E-state index is 12.2. The van der Waals surface area contributed by atoms with Crippen molar-refractivity contribution in [2.24, 2.45) is 5.73 Å². The summed E-state index contributed by atoms with van der Waals surface area (Å²) in [6, 6.07) is 5.28. The Morgan fingerprint density at radius 3 is 2.20 bits per heavy atom. The second kappa shape index (κ2) is 11.1. The summed E-state index contributed by atoms with van der Waals surface area (Å²) in [7, 11) is -3.91. The van der Waals surface area contributed by atoms with Crippen molar-refractivity contribution in [3.8, 4) is 0 Å². The molecule has 0 aliphatic heterocycles. The highest BCUT2D eigenvalue weighted by molar-refractivity contribution is 7.90. The molecule has 2 amide bonds. The predicted molar refractivity (Wildman–Crippen MR) is 100 cm³/mol. The molecule has 1 fully saturated rings. The average Bonchev–Trinajstić information content (AvgIpc) is 2.61. The van der Waals surface area contributed by atoms with Gasteiger partial charge in [0.2, 0.25) is 0 Å². The molecule has 2 rings (SSSR count). The van der Waals surface area contributed by atoms with E-state index in [-0.39, 0.29) is 10.9 Å². The second-order valence-corrected chi connectivity index (χ2v) is 8.26. The Labute approximate surface area is 171 Å². The van der Waals surface area contributed by atoms with Gasteiger partial charge in [-0.15, -0.1) is 0 Å². The van der Waals surface area contributed by atoms with Crippen LogP contribution in [-0.4, -0.2) is 55.5 Å². The van der Waals surface area contributed by atoms with Crippen LogP contribution in [0.2, 0.25) is 0 Å². The van der Waals surface area contributed by atoms with E-state index in [1.165, 1.54) is 12.1 Å². The summed E-state index contributed by atoms with van der Waals surface area (Å²) in [5.74, 6) is -2.76. The Morgan fingerprint density at radius 2 is 1.73 bits per heavy atom. The Hall–Kier alpha value is -2.38. The van der Waals surface area contributed by atoms with Gasteiger partial charge in [-0.2, -0.15) is 13.2 Å². The number of carbonyl (C=O) groups excluding carboxylic acids is 1. The first-order valence-electron chi connectivity index (χ1n) is 8.95. The molecule has 1 aromatic carbocycles. The summed E-state index contributed by atoms with van der Waals surface area (Å²) < 4.78 is 58.1. The number of urea groups is 1. The van der Waals surface area contributed by atoms with E-state index in [0.717, 1.165) is 18.4 Å². The molecule has 0 heterocycles. The topological polar surface area (TPSA) is 159 Å². The van der Waals surface area contributed by atoms with E-state index in [4.69, 9.17) is 15.6 Å². The van der Waals surface area contributed by atoms with Crippen molar-refractivity contribution in [3.63, 3.8) is 0 Å². The fourth-order valence-electron chi connectivity index (χ4n) is 2.69. The molecule has 2 atom stereocenters. The van der Waals surface area contributed by atoms with Crippen LogP contribution in [0.5, 0.6) is 0 Å². The number of nitrogens with two attached hydrogens (primary N) is 1. The second-order valence-electron chi connectivity index (χ2n) is 6.58. The zero-order chi connectivity index (χ0) is 22.9. The van der Waals surface area contributed by atoms with Gasteiger partial charge in [0.15, 0.2) is 0 Å². The third-order valence-corrected chi connectivity index (χ3v) is 5.46. The number of halogens is 3. The van der Waals surface area contributed by atoms with Gasteiger partial charge in [0.25, 0.3) is 10.0 Å². The molecule has 1 aliphatic carbocycles. The van der Waals surface area contributed by atoms with Gasteiger partial charge in [-0.3, -0.25) is 0 Å². The van der Waals surface area contributed by atoms with Gasteiger partial charge in [0.05, 0.1) is 11.0 Å². The van der Waals surface area contributed by atoms with E-state index in [2.05, 4.69) is 5.32 Å². The maximum atomic E-state index is 12.2. The lowest BCUT2D eigenvalue weighted by atomic mass is 9.93. The van der Waals surface area contributed by atoms with Crippen LogP contribution >= 0.6 is 0 Å². The highest BCUT2D eigenvalue weighted by Crippen LogP contribution is 2.18. The lowest BCUT2D eigenvalue weighted by Gasteiger charge is -2.26. The molecular weight excluding hydrogens is 431 g/mol. The van der Waals surface area contributed by atoms with E-state index in [0.29, 0.717) is 25.8 Å². The molecule has 1 saturated carbocycles. The van der Waals surface area contributed by atoms with Gasteiger partial charge >= 0.3 is 18.2 Å². The number of aliphatic hydroxyl groups is 1. The third kappa shape index (κ3) is 8.97. The molecule has 1 aliphatic rings. The van der Waals surface area contributed by atoms with Crippen molar-refractivity contribution in [1.29, 1.82) is 0 Å². The predicted octanol–water partition coefficient (Wildman–Crippen LogP) is 1.11. The molecule has 170 valence electrons. The molecular formula is C17H24F3N3O6S. The number of hydrogen-bond donors (Lipinski definition) is 5. The summed E-state index contributed by atoms with van der Waals surface area (Å²) >= 11 is 0. The number of carboxylic acids is 1. The lowest BCUT2D eigenvalue weighted by molar-refractivity contribution is -0.192. The number of alkyl halides is 3. The van der Waals surface area contributed by atoms with Gasteiger partial charge in [0, 0.05) is 6.04 Å². The molecule has 0 radical (unpaired) electrons. The van der Waals surface area contributed by atoms with Crippen LogP contribution < -0.4 is 15.8 Å². The molecule has 30 heavy (non-hydrogen) atoms. The van der Waals surface area contributed by atoms with Crippen LogP contribution in [-0.2, 0) is 21.2 Å². The quantitative estimate of drug-likeness (QED) is 0.445. The van der Waals surface area contributed by atoms with Gasteiger partial charge < -0.3 is 21.3 Å². The zero-order valence-corrected chi connectivity index (χ0v) is 16.7. The minimum absolute atomic E-state index is 0.0251. The highest BCUT2D eigenvalue weighted by Gasteiger charge is 2.38. The molecule has 9 nitrogen and oxygen atoms in total. The van der Waals surface area contributed by atoms with Crippen molar-refractivity contribution >= 4 is 22.0 Å².